The predicted molar refractivity (Wildman–Crippen MR) is 73.1 cm³/mol. The maximum absolute atomic E-state index is 5.84. The van der Waals surface area contributed by atoms with Gasteiger partial charge in [0.25, 0.3) is 0 Å². The number of azo groups is 1. The van der Waals surface area contributed by atoms with E-state index < -0.39 is 0 Å². The van der Waals surface area contributed by atoms with Crippen LogP contribution in [0.2, 0.25) is 0 Å². The molecule has 0 saturated heterocycles. The van der Waals surface area contributed by atoms with Gasteiger partial charge in [0.1, 0.15) is 5.69 Å². The van der Waals surface area contributed by atoms with Crippen molar-refractivity contribution in [2.75, 3.05) is 11.5 Å². The first-order valence-electron chi connectivity index (χ1n) is 5.02. The minimum Gasteiger partial charge on any atom is -0.397 e. The van der Waals surface area contributed by atoms with Crippen molar-refractivity contribution in [2.45, 2.75) is 4.90 Å². The molecule has 0 heterocycles. The van der Waals surface area contributed by atoms with Gasteiger partial charge >= 0.3 is 0 Å². The zero-order chi connectivity index (χ0) is 12.3. The van der Waals surface area contributed by atoms with Crippen LogP contribution < -0.4 is 11.5 Å². The molecule has 5 heteroatoms. The van der Waals surface area contributed by atoms with Gasteiger partial charge in [0.05, 0.1) is 17.1 Å². The normalized spacial score (nSPS) is 10.9. The number of hydrogen-bond acceptors (Lipinski definition) is 5. The topological polar surface area (TPSA) is 76.8 Å². The molecule has 0 aliphatic rings. The highest BCUT2D eigenvalue weighted by molar-refractivity contribution is 7.80. The highest BCUT2D eigenvalue weighted by Gasteiger charge is 2.05. The summed E-state index contributed by atoms with van der Waals surface area (Å²) in [7, 11) is 0. The molecular formula is C12H12N4S. The highest BCUT2D eigenvalue weighted by Crippen LogP contribution is 2.35. The van der Waals surface area contributed by atoms with Crippen molar-refractivity contribution in [3.8, 4) is 0 Å². The Hall–Kier alpha value is -2.01. The lowest BCUT2D eigenvalue weighted by Gasteiger charge is -2.05. The first kappa shape index (κ1) is 11.5. The lowest BCUT2D eigenvalue weighted by Crippen LogP contribution is -1.92. The van der Waals surface area contributed by atoms with Gasteiger partial charge in [0, 0.05) is 4.90 Å². The molecule has 0 amide bonds. The second kappa shape index (κ2) is 4.88. The van der Waals surface area contributed by atoms with Gasteiger partial charge < -0.3 is 11.5 Å². The van der Waals surface area contributed by atoms with Crippen molar-refractivity contribution in [1.82, 2.24) is 0 Å². The Morgan fingerprint density at radius 1 is 0.882 bits per heavy atom. The van der Waals surface area contributed by atoms with E-state index in [2.05, 4.69) is 22.9 Å². The largest absolute Gasteiger partial charge is 0.397 e. The highest BCUT2D eigenvalue weighted by atomic mass is 32.1. The zero-order valence-electron chi connectivity index (χ0n) is 9.04. The van der Waals surface area contributed by atoms with Gasteiger partial charge in [-0.2, -0.15) is 5.11 Å². The number of rotatable bonds is 2. The lowest BCUT2D eigenvalue weighted by atomic mass is 10.2. The van der Waals surface area contributed by atoms with E-state index in [1.54, 1.807) is 12.1 Å². The third-order valence-electron chi connectivity index (χ3n) is 2.25. The molecule has 17 heavy (non-hydrogen) atoms. The molecule has 2 aromatic carbocycles. The van der Waals surface area contributed by atoms with Crippen LogP contribution in [-0.4, -0.2) is 0 Å². The first-order valence-corrected chi connectivity index (χ1v) is 5.47. The Labute approximate surface area is 105 Å². The minimum atomic E-state index is 0.438. The summed E-state index contributed by atoms with van der Waals surface area (Å²) < 4.78 is 0. The minimum absolute atomic E-state index is 0.438. The van der Waals surface area contributed by atoms with E-state index in [1.165, 1.54) is 0 Å². The quantitative estimate of drug-likeness (QED) is 0.429. The van der Waals surface area contributed by atoms with Gasteiger partial charge in [0.2, 0.25) is 0 Å². The molecule has 4 nitrogen and oxygen atoms in total. The van der Waals surface area contributed by atoms with E-state index in [9.17, 15) is 0 Å². The molecule has 2 aromatic rings. The monoisotopic (exact) mass is 244 g/mol. The summed E-state index contributed by atoms with van der Waals surface area (Å²) in [6.45, 7) is 0. The van der Waals surface area contributed by atoms with Gasteiger partial charge in [-0.15, -0.1) is 17.7 Å². The van der Waals surface area contributed by atoms with Gasteiger partial charge in [-0.05, 0) is 24.3 Å². The summed E-state index contributed by atoms with van der Waals surface area (Å²) in [5.74, 6) is 0. The SMILES string of the molecule is Nc1ccc(S)c(N)c1N=Nc1ccccc1. The summed E-state index contributed by atoms with van der Waals surface area (Å²) >= 11 is 4.21. The van der Waals surface area contributed by atoms with E-state index in [1.807, 2.05) is 30.3 Å². The van der Waals surface area contributed by atoms with Crippen molar-refractivity contribution < 1.29 is 0 Å². The number of anilines is 2. The predicted octanol–water partition coefficient (Wildman–Crippen LogP) is 3.56. The second-order valence-electron chi connectivity index (χ2n) is 3.47. The number of hydrogen-bond donors (Lipinski definition) is 3. The summed E-state index contributed by atoms with van der Waals surface area (Å²) in [5, 5.41) is 8.13. The summed E-state index contributed by atoms with van der Waals surface area (Å²) in [6.07, 6.45) is 0. The smallest absolute Gasteiger partial charge is 0.133 e. The fourth-order valence-electron chi connectivity index (χ4n) is 1.33. The van der Waals surface area contributed by atoms with Crippen molar-refractivity contribution in [2.24, 2.45) is 10.2 Å². The molecule has 0 spiro atoms. The van der Waals surface area contributed by atoms with E-state index in [-0.39, 0.29) is 0 Å². The van der Waals surface area contributed by atoms with Crippen molar-refractivity contribution >= 4 is 35.4 Å². The first-order chi connectivity index (χ1) is 8.18. The number of nitrogen functional groups attached to an aromatic ring is 2. The van der Waals surface area contributed by atoms with Crippen molar-refractivity contribution in [3.05, 3.63) is 42.5 Å². The Morgan fingerprint density at radius 3 is 2.29 bits per heavy atom. The Morgan fingerprint density at radius 2 is 1.59 bits per heavy atom. The Balaban J connectivity index is 2.37. The average molecular weight is 244 g/mol. The van der Waals surface area contributed by atoms with Crippen LogP contribution in [0, 0.1) is 0 Å². The molecule has 0 aliphatic heterocycles. The zero-order valence-corrected chi connectivity index (χ0v) is 9.93. The molecular weight excluding hydrogens is 232 g/mol. The van der Waals surface area contributed by atoms with E-state index in [0.717, 1.165) is 5.69 Å². The molecule has 2 rings (SSSR count). The van der Waals surface area contributed by atoms with E-state index in [4.69, 9.17) is 11.5 Å². The van der Waals surface area contributed by atoms with Crippen molar-refractivity contribution in [1.29, 1.82) is 0 Å². The molecule has 0 atom stereocenters. The fourth-order valence-corrected chi connectivity index (χ4v) is 1.51. The van der Waals surface area contributed by atoms with Crippen LogP contribution in [0.25, 0.3) is 0 Å². The van der Waals surface area contributed by atoms with Crippen LogP contribution in [0.3, 0.4) is 0 Å². The van der Waals surface area contributed by atoms with Crippen LogP contribution in [0.15, 0.2) is 57.6 Å². The van der Waals surface area contributed by atoms with Crippen LogP contribution in [0.4, 0.5) is 22.7 Å². The maximum atomic E-state index is 5.84. The third kappa shape index (κ3) is 2.57. The number of nitrogens with two attached hydrogens (primary N) is 2. The van der Waals surface area contributed by atoms with E-state index in [0.29, 0.717) is 22.0 Å². The number of nitrogens with zero attached hydrogens (tertiary/aromatic N) is 2. The van der Waals surface area contributed by atoms with Gasteiger partial charge in [-0.25, -0.2) is 0 Å². The molecule has 0 aromatic heterocycles. The van der Waals surface area contributed by atoms with Crippen LogP contribution in [0.1, 0.15) is 0 Å². The van der Waals surface area contributed by atoms with Gasteiger partial charge in [-0.1, -0.05) is 18.2 Å². The van der Waals surface area contributed by atoms with Crippen molar-refractivity contribution in [3.63, 3.8) is 0 Å². The van der Waals surface area contributed by atoms with E-state index >= 15 is 0 Å². The average Bonchev–Trinajstić information content (AvgIpc) is 2.35. The fraction of sp³-hybridized carbons (Fsp3) is 0. The molecule has 0 radical (unpaired) electrons. The summed E-state index contributed by atoms with van der Waals surface area (Å²) in [5.41, 5.74) is 13.8. The molecule has 0 saturated carbocycles. The lowest BCUT2D eigenvalue weighted by molar-refractivity contribution is 1.22. The molecule has 0 fully saturated rings. The van der Waals surface area contributed by atoms with Crippen LogP contribution >= 0.6 is 12.6 Å². The summed E-state index contributed by atoms with van der Waals surface area (Å²) in [6, 6.07) is 12.8. The van der Waals surface area contributed by atoms with Crippen LogP contribution in [-0.2, 0) is 0 Å². The Bertz CT molecular complexity index is 552. The second-order valence-corrected chi connectivity index (χ2v) is 3.95. The molecule has 0 bridgehead atoms. The third-order valence-corrected chi connectivity index (χ3v) is 2.64. The molecule has 0 aliphatic carbocycles. The number of thiol groups is 1. The summed E-state index contributed by atoms with van der Waals surface area (Å²) in [4.78, 5) is 0.640. The standard InChI is InChI=1S/C12H12N4S/c13-9-6-7-10(17)11(14)12(9)16-15-8-4-2-1-3-5-8/h1-7,17H,13-14H2. The number of benzene rings is 2. The van der Waals surface area contributed by atoms with Crippen LogP contribution in [0.5, 0.6) is 0 Å². The molecule has 0 unspecified atom stereocenters. The van der Waals surface area contributed by atoms with Gasteiger partial charge in [0.15, 0.2) is 0 Å². The van der Waals surface area contributed by atoms with Gasteiger partial charge in [-0.3, -0.25) is 0 Å². The molecule has 4 N–H and O–H groups in total. The Kier molecular flexibility index (Phi) is 3.30. The maximum Gasteiger partial charge on any atom is 0.133 e. The molecule has 86 valence electrons.